The quantitative estimate of drug-likeness (QED) is 0.425. The molecule has 0 fully saturated rings. The molecule has 0 radical (unpaired) electrons. The molecule has 0 amide bonds. The second kappa shape index (κ2) is 4.24. The van der Waals surface area contributed by atoms with E-state index < -0.39 is 0 Å². The van der Waals surface area contributed by atoms with Crippen LogP contribution >= 0.6 is 0 Å². The zero-order valence-electron chi connectivity index (χ0n) is 7.84. The summed E-state index contributed by atoms with van der Waals surface area (Å²) < 4.78 is 0. The lowest BCUT2D eigenvalue weighted by Gasteiger charge is -2.07. The lowest BCUT2D eigenvalue weighted by molar-refractivity contribution is 0.868. The van der Waals surface area contributed by atoms with Gasteiger partial charge in [-0.05, 0) is 24.5 Å². The van der Waals surface area contributed by atoms with Gasteiger partial charge < -0.3 is 11.1 Å². The number of nitrogen functional groups attached to an aromatic ring is 1. The fourth-order valence-electron chi connectivity index (χ4n) is 0.788. The van der Waals surface area contributed by atoms with Crippen molar-refractivity contribution in [3.05, 3.63) is 10.4 Å². The Bertz CT molecular complexity index is 366. The molecule has 1 rings (SSSR count). The van der Waals surface area contributed by atoms with Crippen molar-refractivity contribution in [3.63, 3.8) is 0 Å². The molecule has 0 atom stereocenters. The molecule has 1 aromatic rings. The highest BCUT2D eigenvalue weighted by Gasteiger charge is 2.03. The number of hydrogen-bond donors (Lipinski definition) is 2. The summed E-state index contributed by atoms with van der Waals surface area (Å²) in [5.74, 6) is 0.281. The van der Waals surface area contributed by atoms with Gasteiger partial charge in [0.2, 0.25) is 17.8 Å². The number of hydrogen-bond acceptors (Lipinski definition) is 6. The Morgan fingerprint density at radius 3 is 2.71 bits per heavy atom. The molecule has 0 saturated heterocycles. The maximum Gasteiger partial charge on any atom is 0.228 e. The van der Waals surface area contributed by atoms with E-state index in [0.717, 1.165) is 0 Å². The van der Waals surface area contributed by atoms with E-state index in [9.17, 15) is 0 Å². The topological polar surface area (TPSA) is 125 Å². The van der Waals surface area contributed by atoms with Crippen LogP contribution in [-0.4, -0.2) is 21.0 Å². The second-order valence-electron chi connectivity index (χ2n) is 2.81. The highest BCUT2D eigenvalue weighted by atomic mass is 15.3. The Balaban J connectivity index is 3.00. The largest absolute Gasteiger partial charge is 0.368 e. The molecule has 0 aliphatic carbocycles. The van der Waals surface area contributed by atoms with E-state index in [2.05, 4.69) is 30.3 Å². The number of nitrogens with zero attached hydrogens (tertiary/aromatic N) is 6. The summed E-state index contributed by atoms with van der Waals surface area (Å²) in [5.41, 5.74) is 13.6. The Morgan fingerprint density at radius 1 is 1.43 bits per heavy atom. The normalized spacial score (nSPS) is 9.64. The highest BCUT2D eigenvalue weighted by molar-refractivity contribution is 5.37. The molecule has 0 aliphatic rings. The van der Waals surface area contributed by atoms with Gasteiger partial charge in [-0.25, -0.2) is 0 Å². The third kappa shape index (κ3) is 2.76. The molecule has 0 bridgehead atoms. The maximum atomic E-state index is 8.18. The fraction of sp³-hybridized carbons (Fsp3) is 0.500. The summed E-state index contributed by atoms with van der Waals surface area (Å²) in [6.07, 6.45) is 0. The lowest BCUT2D eigenvalue weighted by atomic mass is 10.4. The van der Waals surface area contributed by atoms with Crippen molar-refractivity contribution in [2.75, 3.05) is 11.1 Å². The molecule has 14 heavy (non-hydrogen) atoms. The Morgan fingerprint density at radius 2 is 2.14 bits per heavy atom. The second-order valence-corrected chi connectivity index (χ2v) is 2.81. The molecular weight excluding hydrogens is 184 g/mol. The van der Waals surface area contributed by atoms with Crippen LogP contribution in [0.1, 0.15) is 13.8 Å². The molecule has 74 valence electrons. The number of anilines is 2. The molecule has 1 aromatic heterocycles. The van der Waals surface area contributed by atoms with Crippen molar-refractivity contribution in [3.8, 4) is 0 Å². The van der Waals surface area contributed by atoms with E-state index in [-0.39, 0.29) is 17.9 Å². The number of rotatable bonds is 3. The first-order chi connectivity index (χ1) is 6.61. The summed E-state index contributed by atoms with van der Waals surface area (Å²) in [4.78, 5) is 13.8. The Hall–Kier alpha value is -2.08. The lowest BCUT2D eigenvalue weighted by Crippen LogP contribution is -2.13. The van der Waals surface area contributed by atoms with Crippen molar-refractivity contribution in [1.82, 2.24) is 15.0 Å². The molecule has 0 spiro atoms. The van der Waals surface area contributed by atoms with Crippen LogP contribution in [0, 0.1) is 0 Å². The zero-order valence-corrected chi connectivity index (χ0v) is 7.84. The molecule has 0 aliphatic heterocycles. The van der Waals surface area contributed by atoms with Crippen LogP contribution in [0.15, 0.2) is 5.11 Å². The van der Waals surface area contributed by atoms with Crippen LogP contribution in [0.5, 0.6) is 0 Å². The molecule has 8 nitrogen and oxygen atoms in total. The first kappa shape index (κ1) is 10.0. The van der Waals surface area contributed by atoms with Gasteiger partial charge >= 0.3 is 0 Å². The minimum atomic E-state index is -0.0387. The summed E-state index contributed by atoms with van der Waals surface area (Å²) in [6, 6.07) is 0.163. The first-order valence-electron chi connectivity index (χ1n) is 3.95. The summed E-state index contributed by atoms with van der Waals surface area (Å²) in [7, 11) is 0. The molecule has 8 heteroatoms. The van der Waals surface area contributed by atoms with Crippen LogP contribution < -0.4 is 11.1 Å². The van der Waals surface area contributed by atoms with Gasteiger partial charge in [0.15, 0.2) is 0 Å². The van der Waals surface area contributed by atoms with Crippen LogP contribution in [0.2, 0.25) is 0 Å². The van der Waals surface area contributed by atoms with Crippen molar-refractivity contribution in [2.24, 2.45) is 5.11 Å². The minimum Gasteiger partial charge on any atom is -0.368 e. The van der Waals surface area contributed by atoms with Gasteiger partial charge in [0, 0.05) is 11.0 Å². The standard InChI is InChI=1S/C6H10N8/c1-3(2)9-5-10-4(7)11-6(12-5)13-14-8/h3H,1-2H3,(H3,7,9,10,11,12). The van der Waals surface area contributed by atoms with Crippen LogP contribution in [0.25, 0.3) is 10.4 Å². The van der Waals surface area contributed by atoms with Gasteiger partial charge in [-0.15, -0.1) is 0 Å². The van der Waals surface area contributed by atoms with E-state index in [0.29, 0.717) is 5.95 Å². The zero-order chi connectivity index (χ0) is 10.6. The molecule has 0 saturated carbocycles. The van der Waals surface area contributed by atoms with E-state index >= 15 is 0 Å². The third-order valence-corrected chi connectivity index (χ3v) is 1.19. The smallest absolute Gasteiger partial charge is 0.228 e. The van der Waals surface area contributed by atoms with Crippen molar-refractivity contribution in [2.45, 2.75) is 19.9 Å². The van der Waals surface area contributed by atoms with Gasteiger partial charge in [0.1, 0.15) is 0 Å². The summed E-state index contributed by atoms with van der Waals surface area (Å²) >= 11 is 0. The van der Waals surface area contributed by atoms with Crippen LogP contribution in [0.4, 0.5) is 17.8 Å². The molecular formula is C6H10N8. The van der Waals surface area contributed by atoms with Crippen molar-refractivity contribution >= 4 is 17.8 Å². The van der Waals surface area contributed by atoms with Gasteiger partial charge in [0.05, 0.1) is 0 Å². The van der Waals surface area contributed by atoms with Crippen molar-refractivity contribution in [1.29, 1.82) is 0 Å². The third-order valence-electron chi connectivity index (χ3n) is 1.19. The minimum absolute atomic E-state index is 0.0190. The number of azide groups is 1. The fourth-order valence-corrected chi connectivity index (χ4v) is 0.788. The van der Waals surface area contributed by atoms with Gasteiger partial charge in [-0.1, -0.05) is 0 Å². The van der Waals surface area contributed by atoms with Crippen LogP contribution in [-0.2, 0) is 0 Å². The number of nitrogens with one attached hydrogen (secondary N) is 1. The Kier molecular flexibility index (Phi) is 3.03. The summed E-state index contributed by atoms with van der Waals surface area (Å²) in [6.45, 7) is 3.85. The molecule has 0 unspecified atom stereocenters. The van der Waals surface area contributed by atoms with Gasteiger partial charge in [-0.2, -0.15) is 15.0 Å². The van der Waals surface area contributed by atoms with Gasteiger partial charge in [-0.3, -0.25) is 0 Å². The maximum absolute atomic E-state index is 8.18. The number of aromatic nitrogens is 3. The monoisotopic (exact) mass is 194 g/mol. The molecule has 3 N–H and O–H groups in total. The SMILES string of the molecule is CC(C)Nc1nc(N)nc(N=[N+]=[N-])n1. The average molecular weight is 194 g/mol. The molecule has 1 heterocycles. The predicted octanol–water partition coefficient (Wildman–Crippen LogP) is 1.22. The number of nitrogens with two attached hydrogens (primary N) is 1. The van der Waals surface area contributed by atoms with E-state index in [1.165, 1.54) is 0 Å². The van der Waals surface area contributed by atoms with Crippen LogP contribution in [0.3, 0.4) is 0 Å². The predicted molar refractivity (Wildman–Crippen MR) is 51.8 cm³/mol. The molecule has 0 aromatic carbocycles. The average Bonchev–Trinajstić information content (AvgIpc) is 2.01. The van der Waals surface area contributed by atoms with Gasteiger partial charge in [0.25, 0.3) is 0 Å². The van der Waals surface area contributed by atoms with E-state index in [4.69, 9.17) is 11.3 Å². The van der Waals surface area contributed by atoms with Crippen molar-refractivity contribution < 1.29 is 0 Å². The Labute approximate surface area is 80.2 Å². The highest BCUT2D eigenvalue weighted by Crippen LogP contribution is 2.10. The summed E-state index contributed by atoms with van der Waals surface area (Å²) in [5, 5.41) is 6.15. The van der Waals surface area contributed by atoms with E-state index in [1.807, 2.05) is 13.8 Å². The first-order valence-corrected chi connectivity index (χ1v) is 3.95. The van der Waals surface area contributed by atoms with E-state index in [1.54, 1.807) is 0 Å².